The third kappa shape index (κ3) is 5.87. The second kappa shape index (κ2) is 10.2. The smallest absolute Gasteiger partial charge is 0.222 e. The Morgan fingerprint density at radius 2 is 2.00 bits per heavy atom. The summed E-state index contributed by atoms with van der Waals surface area (Å²) in [4.78, 5) is 15.6. The number of ether oxygens (including phenoxy) is 1. The molecule has 1 amide bonds. The van der Waals surface area contributed by atoms with Crippen LogP contribution in [0.3, 0.4) is 0 Å². The predicted molar refractivity (Wildman–Crippen MR) is 118 cm³/mol. The lowest BCUT2D eigenvalue weighted by atomic mass is 10.1. The molecule has 0 aliphatic rings. The first-order valence-electron chi connectivity index (χ1n) is 9.67. The fourth-order valence-electron chi connectivity index (χ4n) is 3.10. The summed E-state index contributed by atoms with van der Waals surface area (Å²) < 4.78 is 7.02. The van der Waals surface area contributed by atoms with Crippen LogP contribution in [0, 0.1) is 6.92 Å². The number of aromatic nitrogens is 2. The SMILES string of the molecule is COc1ccc(SCCCC(=O)N(C)Cc2cc(C)ccc2-n2cccn2)cc1. The van der Waals surface area contributed by atoms with Gasteiger partial charge in [0.2, 0.25) is 5.91 Å². The van der Waals surface area contributed by atoms with Gasteiger partial charge in [0, 0.05) is 37.3 Å². The highest BCUT2D eigenvalue weighted by molar-refractivity contribution is 7.99. The predicted octanol–water partition coefficient (Wildman–Crippen LogP) is 4.72. The minimum Gasteiger partial charge on any atom is -0.497 e. The Labute approximate surface area is 176 Å². The molecule has 152 valence electrons. The fraction of sp³-hybridized carbons (Fsp3) is 0.304. The van der Waals surface area contributed by atoms with Gasteiger partial charge in [-0.15, -0.1) is 11.8 Å². The van der Waals surface area contributed by atoms with Crippen LogP contribution >= 0.6 is 11.8 Å². The van der Waals surface area contributed by atoms with Crippen LogP contribution in [0.25, 0.3) is 5.69 Å². The number of carbonyl (C=O) groups excluding carboxylic acids is 1. The molecule has 2 aromatic carbocycles. The van der Waals surface area contributed by atoms with Gasteiger partial charge in [-0.05, 0) is 61.1 Å². The van der Waals surface area contributed by atoms with Crippen molar-refractivity contribution < 1.29 is 9.53 Å². The molecule has 0 radical (unpaired) electrons. The third-order valence-electron chi connectivity index (χ3n) is 4.68. The zero-order valence-electron chi connectivity index (χ0n) is 17.2. The maximum absolute atomic E-state index is 12.6. The third-order valence-corrected chi connectivity index (χ3v) is 5.78. The van der Waals surface area contributed by atoms with Crippen molar-refractivity contribution in [2.24, 2.45) is 0 Å². The Hall–Kier alpha value is -2.73. The minimum atomic E-state index is 0.160. The summed E-state index contributed by atoms with van der Waals surface area (Å²) in [5, 5.41) is 4.33. The Bertz CT molecular complexity index is 924. The van der Waals surface area contributed by atoms with E-state index in [0.717, 1.165) is 29.2 Å². The van der Waals surface area contributed by atoms with Gasteiger partial charge < -0.3 is 9.64 Å². The summed E-state index contributed by atoms with van der Waals surface area (Å²) >= 11 is 1.76. The van der Waals surface area contributed by atoms with Crippen LogP contribution in [0.1, 0.15) is 24.0 Å². The molecule has 0 aliphatic carbocycles. The van der Waals surface area contributed by atoms with Gasteiger partial charge in [-0.2, -0.15) is 5.10 Å². The quantitative estimate of drug-likeness (QED) is 0.379. The molecule has 0 unspecified atom stereocenters. The topological polar surface area (TPSA) is 47.4 Å². The van der Waals surface area contributed by atoms with Crippen LogP contribution in [0.4, 0.5) is 0 Å². The highest BCUT2D eigenvalue weighted by atomic mass is 32.2. The molecule has 1 heterocycles. The lowest BCUT2D eigenvalue weighted by Gasteiger charge is -2.20. The van der Waals surface area contributed by atoms with Gasteiger partial charge in [0.15, 0.2) is 0 Å². The van der Waals surface area contributed by atoms with Gasteiger partial charge in [0.1, 0.15) is 5.75 Å². The van der Waals surface area contributed by atoms with Crippen LogP contribution in [-0.4, -0.2) is 40.5 Å². The zero-order valence-corrected chi connectivity index (χ0v) is 18.0. The number of carbonyl (C=O) groups is 1. The zero-order chi connectivity index (χ0) is 20.6. The van der Waals surface area contributed by atoms with Gasteiger partial charge in [-0.3, -0.25) is 4.79 Å². The average molecular weight is 410 g/mol. The van der Waals surface area contributed by atoms with Gasteiger partial charge >= 0.3 is 0 Å². The van der Waals surface area contributed by atoms with Crippen molar-refractivity contribution in [3.05, 3.63) is 72.1 Å². The Morgan fingerprint density at radius 1 is 1.21 bits per heavy atom. The number of thioether (sulfide) groups is 1. The van der Waals surface area contributed by atoms with E-state index in [0.29, 0.717) is 13.0 Å². The molecule has 0 bridgehead atoms. The number of amides is 1. The highest BCUT2D eigenvalue weighted by Crippen LogP contribution is 2.23. The maximum Gasteiger partial charge on any atom is 0.222 e. The van der Waals surface area contributed by atoms with Gasteiger partial charge in [-0.1, -0.05) is 17.7 Å². The molecule has 0 N–H and O–H groups in total. The molecule has 6 heteroatoms. The van der Waals surface area contributed by atoms with Gasteiger partial charge in [0.25, 0.3) is 0 Å². The molecule has 0 fully saturated rings. The van der Waals surface area contributed by atoms with E-state index in [1.807, 2.05) is 48.3 Å². The van der Waals surface area contributed by atoms with E-state index in [9.17, 15) is 4.79 Å². The van der Waals surface area contributed by atoms with Crippen molar-refractivity contribution in [3.63, 3.8) is 0 Å². The normalized spacial score (nSPS) is 10.7. The molecule has 1 aromatic heterocycles. The van der Waals surface area contributed by atoms with Crippen LogP contribution in [0.5, 0.6) is 5.75 Å². The maximum atomic E-state index is 12.6. The number of hydrogen-bond donors (Lipinski definition) is 0. The van der Waals surface area contributed by atoms with Crippen molar-refractivity contribution in [3.8, 4) is 11.4 Å². The van der Waals surface area contributed by atoms with Gasteiger partial charge in [0.05, 0.1) is 12.8 Å². The van der Waals surface area contributed by atoms with Crippen molar-refractivity contribution in [1.29, 1.82) is 0 Å². The Kier molecular flexibility index (Phi) is 7.36. The first-order chi connectivity index (χ1) is 14.1. The highest BCUT2D eigenvalue weighted by Gasteiger charge is 2.13. The fourth-order valence-corrected chi connectivity index (χ4v) is 3.95. The van der Waals surface area contributed by atoms with Crippen LogP contribution < -0.4 is 4.74 Å². The largest absolute Gasteiger partial charge is 0.497 e. The van der Waals surface area contributed by atoms with E-state index >= 15 is 0 Å². The second-order valence-corrected chi connectivity index (χ2v) is 8.13. The van der Waals surface area contributed by atoms with Crippen molar-refractivity contribution in [2.45, 2.75) is 31.2 Å². The minimum absolute atomic E-state index is 0.160. The lowest BCUT2D eigenvalue weighted by molar-refractivity contribution is -0.130. The molecule has 29 heavy (non-hydrogen) atoms. The molecule has 0 saturated heterocycles. The monoisotopic (exact) mass is 409 g/mol. The van der Waals surface area contributed by atoms with E-state index in [2.05, 4.69) is 30.2 Å². The molecule has 0 saturated carbocycles. The lowest BCUT2D eigenvalue weighted by Crippen LogP contribution is -2.26. The first kappa shape index (κ1) is 21.0. The molecule has 5 nitrogen and oxygen atoms in total. The van der Waals surface area contributed by atoms with Crippen LogP contribution in [0.15, 0.2) is 65.8 Å². The average Bonchev–Trinajstić information content (AvgIpc) is 3.26. The standard InChI is InChI=1S/C23H27N3O2S/c1-18-7-12-22(26-14-5-13-24-26)19(16-18)17-25(2)23(27)6-4-15-29-21-10-8-20(28-3)9-11-21/h5,7-14,16H,4,6,15,17H2,1-3H3. The molecule has 0 aliphatic heterocycles. The number of rotatable bonds is 9. The summed E-state index contributed by atoms with van der Waals surface area (Å²) in [6.07, 6.45) is 5.08. The van der Waals surface area contributed by atoms with Crippen molar-refractivity contribution in [1.82, 2.24) is 14.7 Å². The molecule has 0 atom stereocenters. The number of hydrogen-bond acceptors (Lipinski definition) is 4. The second-order valence-electron chi connectivity index (χ2n) is 6.96. The van der Waals surface area contributed by atoms with Crippen LogP contribution in [-0.2, 0) is 11.3 Å². The molecular formula is C23H27N3O2S. The van der Waals surface area contributed by atoms with E-state index < -0.39 is 0 Å². The number of methoxy groups -OCH3 is 1. The van der Waals surface area contributed by atoms with Gasteiger partial charge in [-0.25, -0.2) is 4.68 Å². The summed E-state index contributed by atoms with van der Waals surface area (Å²) in [6.45, 7) is 2.63. The number of aryl methyl sites for hydroxylation is 1. The summed E-state index contributed by atoms with van der Waals surface area (Å²) in [6, 6.07) is 16.2. The Balaban J connectivity index is 1.51. The van der Waals surface area contributed by atoms with E-state index in [1.54, 1.807) is 30.0 Å². The van der Waals surface area contributed by atoms with Crippen molar-refractivity contribution >= 4 is 17.7 Å². The first-order valence-corrected chi connectivity index (χ1v) is 10.7. The molecular weight excluding hydrogens is 382 g/mol. The molecule has 0 spiro atoms. The van der Waals surface area contributed by atoms with E-state index in [4.69, 9.17) is 4.74 Å². The van der Waals surface area contributed by atoms with E-state index in [1.165, 1.54) is 10.5 Å². The van der Waals surface area contributed by atoms with Crippen molar-refractivity contribution in [2.75, 3.05) is 19.9 Å². The molecule has 3 aromatic rings. The van der Waals surface area contributed by atoms with Crippen LogP contribution in [0.2, 0.25) is 0 Å². The summed E-state index contributed by atoms with van der Waals surface area (Å²) in [7, 11) is 3.53. The Morgan fingerprint density at radius 3 is 2.69 bits per heavy atom. The number of benzene rings is 2. The van der Waals surface area contributed by atoms with E-state index in [-0.39, 0.29) is 5.91 Å². The summed E-state index contributed by atoms with van der Waals surface area (Å²) in [5.41, 5.74) is 3.28. The molecule has 3 rings (SSSR count). The summed E-state index contributed by atoms with van der Waals surface area (Å²) in [5.74, 6) is 1.93. The number of nitrogens with zero attached hydrogens (tertiary/aromatic N) is 3.